The molecule has 0 bridgehead atoms. The van der Waals surface area contributed by atoms with Crippen molar-refractivity contribution in [3.63, 3.8) is 0 Å². The second-order valence-electron chi connectivity index (χ2n) is 3.99. The molecule has 0 aliphatic heterocycles. The molecule has 0 fully saturated rings. The highest BCUT2D eigenvalue weighted by Crippen LogP contribution is 2.27. The van der Waals surface area contributed by atoms with Gasteiger partial charge < -0.3 is 4.74 Å². The molecule has 0 radical (unpaired) electrons. The molecule has 3 heterocycles. The first-order valence-electron chi connectivity index (χ1n) is 5.96. The third-order valence-electron chi connectivity index (χ3n) is 2.78. The molecule has 0 aliphatic carbocycles. The summed E-state index contributed by atoms with van der Waals surface area (Å²) in [6, 6.07) is 2.04. The number of aromatic nitrogens is 5. The first-order valence-corrected chi connectivity index (χ1v) is 6.78. The summed E-state index contributed by atoms with van der Waals surface area (Å²) in [5.74, 6) is 0.0347. The van der Waals surface area contributed by atoms with Crippen molar-refractivity contribution in [3.8, 4) is 5.82 Å². The summed E-state index contributed by atoms with van der Waals surface area (Å²) in [4.78, 5) is 25.9. The van der Waals surface area contributed by atoms with Crippen molar-refractivity contribution in [1.82, 2.24) is 24.7 Å². The minimum atomic E-state index is -0.575. The van der Waals surface area contributed by atoms with Crippen molar-refractivity contribution in [1.29, 1.82) is 0 Å². The van der Waals surface area contributed by atoms with E-state index in [4.69, 9.17) is 0 Å². The molecule has 3 aromatic rings. The van der Waals surface area contributed by atoms with Crippen LogP contribution >= 0.6 is 11.3 Å². The summed E-state index contributed by atoms with van der Waals surface area (Å²) < 4.78 is 6.05. The van der Waals surface area contributed by atoms with E-state index in [2.05, 4.69) is 31.7 Å². The molecule has 20 heavy (non-hydrogen) atoms. The van der Waals surface area contributed by atoms with Gasteiger partial charge in [0.1, 0.15) is 17.5 Å². The van der Waals surface area contributed by atoms with Crippen LogP contribution in [0.4, 0.5) is 0 Å². The van der Waals surface area contributed by atoms with Crippen LogP contribution in [0.1, 0.15) is 22.4 Å². The molecule has 0 unspecified atom stereocenters. The molecule has 7 nitrogen and oxygen atoms in total. The number of carbonyl (C=O) groups is 1. The average Bonchev–Trinajstić information content (AvgIpc) is 3.12. The van der Waals surface area contributed by atoms with Crippen molar-refractivity contribution in [2.45, 2.75) is 13.3 Å². The molecule has 0 amide bonds. The number of fused-ring (bicyclic) bond motifs is 1. The quantitative estimate of drug-likeness (QED) is 0.681. The van der Waals surface area contributed by atoms with Gasteiger partial charge in [0.05, 0.1) is 12.5 Å². The van der Waals surface area contributed by atoms with Crippen LogP contribution in [-0.4, -0.2) is 37.8 Å². The van der Waals surface area contributed by atoms with E-state index in [1.807, 2.05) is 6.07 Å². The van der Waals surface area contributed by atoms with Crippen molar-refractivity contribution < 1.29 is 9.53 Å². The van der Waals surface area contributed by atoms with Crippen molar-refractivity contribution in [3.05, 3.63) is 29.4 Å². The number of thiophene rings is 1. The van der Waals surface area contributed by atoms with E-state index in [1.165, 1.54) is 29.3 Å². The number of carbonyl (C=O) groups excluding carboxylic acids is 1. The zero-order valence-electron chi connectivity index (χ0n) is 10.9. The average molecular weight is 289 g/mol. The van der Waals surface area contributed by atoms with Gasteiger partial charge in [-0.15, -0.1) is 16.4 Å². The molecule has 0 saturated heterocycles. The van der Waals surface area contributed by atoms with Crippen LogP contribution in [0.15, 0.2) is 18.7 Å². The van der Waals surface area contributed by atoms with Gasteiger partial charge in [0.2, 0.25) is 0 Å². The molecule has 8 heteroatoms. The van der Waals surface area contributed by atoms with Crippen LogP contribution in [0, 0.1) is 0 Å². The summed E-state index contributed by atoms with van der Waals surface area (Å²) in [5, 5.41) is 4.98. The lowest BCUT2D eigenvalue weighted by Crippen LogP contribution is -2.06. The van der Waals surface area contributed by atoms with Gasteiger partial charge >= 0.3 is 5.97 Å². The number of rotatable bonds is 3. The number of nitrogens with zero attached hydrogens (tertiary/aromatic N) is 5. The van der Waals surface area contributed by atoms with E-state index in [0.717, 1.165) is 16.6 Å². The number of methoxy groups -OCH3 is 1. The Morgan fingerprint density at radius 2 is 2.25 bits per heavy atom. The van der Waals surface area contributed by atoms with Crippen LogP contribution in [0.2, 0.25) is 0 Å². The molecule has 0 saturated carbocycles. The third kappa shape index (κ3) is 2.03. The van der Waals surface area contributed by atoms with Crippen LogP contribution < -0.4 is 0 Å². The molecule has 0 aromatic carbocycles. The Morgan fingerprint density at radius 3 is 3.00 bits per heavy atom. The molecule has 0 aliphatic rings. The third-order valence-corrected chi connectivity index (χ3v) is 3.97. The van der Waals surface area contributed by atoms with E-state index in [9.17, 15) is 4.79 Å². The lowest BCUT2D eigenvalue weighted by atomic mass is 10.3. The molecule has 102 valence electrons. The van der Waals surface area contributed by atoms with Crippen LogP contribution in [0.5, 0.6) is 0 Å². The van der Waals surface area contributed by atoms with E-state index in [0.29, 0.717) is 5.82 Å². The summed E-state index contributed by atoms with van der Waals surface area (Å²) >= 11 is 1.62. The molecule has 3 rings (SSSR count). The summed E-state index contributed by atoms with van der Waals surface area (Å²) in [6.07, 6.45) is 3.86. The van der Waals surface area contributed by atoms with Crippen molar-refractivity contribution in [2.24, 2.45) is 0 Å². The highest BCUT2D eigenvalue weighted by atomic mass is 32.1. The van der Waals surface area contributed by atoms with Gasteiger partial charge in [-0.3, -0.25) is 0 Å². The first-order chi connectivity index (χ1) is 9.72. The summed E-state index contributed by atoms with van der Waals surface area (Å²) in [6.45, 7) is 2.09. The number of esters is 1. The highest BCUT2D eigenvalue weighted by molar-refractivity contribution is 7.18. The maximum Gasteiger partial charge on any atom is 0.377 e. The maximum atomic E-state index is 11.4. The van der Waals surface area contributed by atoms with Gasteiger partial charge in [0.15, 0.2) is 5.82 Å². The highest BCUT2D eigenvalue weighted by Gasteiger charge is 2.15. The fourth-order valence-corrected chi connectivity index (χ4v) is 2.73. The Balaban J connectivity index is 2.11. The predicted molar refractivity (Wildman–Crippen MR) is 73.0 cm³/mol. The van der Waals surface area contributed by atoms with E-state index >= 15 is 0 Å². The van der Waals surface area contributed by atoms with Gasteiger partial charge in [0, 0.05) is 4.88 Å². The smallest absolute Gasteiger partial charge is 0.377 e. The zero-order chi connectivity index (χ0) is 14.1. The van der Waals surface area contributed by atoms with E-state index in [1.54, 1.807) is 11.3 Å². The fourth-order valence-electron chi connectivity index (χ4n) is 1.80. The largest absolute Gasteiger partial charge is 0.463 e. The molecule has 0 N–H and O–H groups in total. The number of ether oxygens (including phenoxy) is 1. The predicted octanol–water partition coefficient (Wildman–Crippen LogP) is 1.62. The second-order valence-corrected chi connectivity index (χ2v) is 5.10. The Labute approximate surface area is 118 Å². The summed E-state index contributed by atoms with van der Waals surface area (Å²) in [7, 11) is 1.29. The number of aryl methyl sites for hydroxylation is 1. The molecule has 3 aromatic heterocycles. The molecular formula is C12H11N5O2S. The van der Waals surface area contributed by atoms with Crippen LogP contribution in [0.25, 0.3) is 16.0 Å². The van der Waals surface area contributed by atoms with E-state index < -0.39 is 5.97 Å². The monoisotopic (exact) mass is 289 g/mol. The molecule has 0 spiro atoms. The van der Waals surface area contributed by atoms with Crippen molar-refractivity contribution >= 4 is 27.5 Å². The Morgan fingerprint density at radius 1 is 1.40 bits per heavy atom. The van der Waals surface area contributed by atoms with Crippen molar-refractivity contribution in [2.75, 3.05) is 7.11 Å². The zero-order valence-corrected chi connectivity index (χ0v) is 11.7. The fraction of sp³-hybridized carbons (Fsp3) is 0.250. The van der Waals surface area contributed by atoms with Gasteiger partial charge in [-0.25, -0.2) is 24.4 Å². The molecular weight excluding hydrogens is 278 g/mol. The lowest BCUT2D eigenvalue weighted by molar-refractivity contribution is 0.0587. The minimum Gasteiger partial charge on any atom is -0.463 e. The Kier molecular flexibility index (Phi) is 3.15. The topological polar surface area (TPSA) is 82.8 Å². The first kappa shape index (κ1) is 12.7. The number of hydrogen-bond acceptors (Lipinski definition) is 7. The van der Waals surface area contributed by atoms with Gasteiger partial charge in [-0.2, -0.15) is 0 Å². The normalized spacial score (nSPS) is 10.9. The Bertz CT molecular complexity index is 779. The summed E-state index contributed by atoms with van der Waals surface area (Å²) in [5.41, 5.74) is 0. The minimum absolute atomic E-state index is 0.00482. The standard InChI is InChI=1S/C12H11N5O2S/c1-3-7-4-8-10(13-5-14-11(8)20-7)17-6-15-9(16-17)12(18)19-2/h4-6H,3H2,1-2H3. The van der Waals surface area contributed by atoms with Gasteiger partial charge in [-0.05, 0) is 12.5 Å². The molecule has 0 atom stereocenters. The maximum absolute atomic E-state index is 11.4. The SMILES string of the molecule is CCc1cc2c(-n3cnc(C(=O)OC)n3)ncnc2s1. The van der Waals surface area contributed by atoms with Gasteiger partial charge in [0.25, 0.3) is 5.82 Å². The van der Waals surface area contributed by atoms with Crippen LogP contribution in [-0.2, 0) is 11.2 Å². The Hall–Kier alpha value is -2.35. The second kappa shape index (κ2) is 4.97. The van der Waals surface area contributed by atoms with Gasteiger partial charge in [-0.1, -0.05) is 6.92 Å². The van der Waals surface area contributed by atoms with Crippen LogP contribution in [0.3, 0.4) is 0 Å². The number of hydrogen-bond donors (Lipinski definition) is 0. The van der Waals surface area contributed by atoms with E-state index in [-0.39, 0.29) is 5.82 Å². The lowest BCUT2D eigenvalue weighted by Gasteiger charge is -1.99.